The number of ether oxygens (including phenoxy) is 2. The Balaban J connectivity index is 2.03. The lowest BCUT2D eigenvalue weighted by molar-refractivity contribution is -0.141. The SMILES string of the molecule is C=C1C(=O)O[C@@H]2CC(C)=C([C@@H](C)CCCOC(C)=O)[C@H](O)[C@@H]12. The molecule has 0 aromatic heterocycles. The van der Waals surface area contributed by atoms with Gasteiger partial charge in [-0.3, -0.25) is 4.79 Å². The van der Waals surface area contributed by atoms with Gasteiger partial charge in [0.25, 0.3) is 0 Å². The highest BCUT2D eigenvalue weighted by Gasteiger charge is 2.47. The van der Waals surface area contributed by atoms with E-state index in [1.807, 2.05) is 6.92 Å². The van der Waals surface area contributed by atoms with Crippen LogP contribution in [-0.2, 0) is 19.1 Å². The zero-order valence-electron chi connectivity index (χ0n) is 13.4. The molecule has 1 heterocycles. The van der Waals surface area contributed by atoms with Crippen LogP contribution in [0.2, 0.25) is 0 Å². The first kappa shape index (κ1) is 16.7. The third kappa shape index (κ3) is 3.24. The van der Waals surface area contributed by atoms with Crippen LogP contribution in [0.4, 0.5) is 0 Å². The van der Waals surface area contributed by atoms with Crippen molar-refractivity contribution in [2.24, 2.45) is 11.8 Å². The summed E-state index contributed by atoms with van der Waals surface area (Å²) in [6.07, 6.45) is 1.20. The van der Waals surface area contributed by atoms with E-state index in [1.165, 1.54) is 6.92 Å². The molecule has 22 heavy (non-hydrogen) atoms. The van der Waals surface area contributed by atoms with E-state index in [9.17, 15) is 14.7 Å². The average Bonchev–Trinajstić information content (AvgIpc) is 2.69. The number of esters is 2. The van der Waals surface area contributed by atoms with Crippen LogP contribution < -0.4 is 0 Å². The van der Waals surface area contributed by atoms with Crippen LogP contribution in [0.25, 0.3) is 0 Å². The molecule has 0 aromatic carbocycles. The van der Waals surface area contributed by atoms with Crippen molar-refractivity contribution in [2.45, 2.75) is 52.2 Å². The van der Waals surface area contributed by atoms with Gasteiger partial charge in [-0.15, -0.1) is 0 Å². The highest BCUT2D eigenvalue weighted by Crippen LogP contribution is 2.43. The molecule has 5 nitrogen and oxygen atoms in total. The molecule has 1 aliphatic carbocycles. The maximum atomic E-state index is 11.6. The minimum absolute atomic E-state index is 0.162. The summed E-state index contributed by atoms with van der Waals surface area (Å²) < 4.78 is 10.2. The topological polar surface area (TPSA) is 72.8 Å². The largest absolute Gasteiger partial charge is 0.466 e. The minimum Gasteiger partial charge on any atom is -0.466 e. The Labute approximate surface area is 131 Å². The third-order valence-corrected chi connectivity index (χ3v) is 4.60. The van der Waals surface area contributed by atoms with E-state index < -0.39 is 12.1 Å². The Morgan fingerprint density at radius 1 is 1.55 bits per heavy atom. The molecule has 5 heteroatoms. The summed E-state index contributed by atoms with van der Waals surface area (Å²) >= 11 is 0. The smallest absolute Gasteiger partial charge is 0.334 e. The molecule has 1 saturated heterocycles. The van der Waals surface area contributed by atoms with Crippen molar-refractivity contribution >= 4 is 11.9 Å². The van der Waals surface area contributed by atoms with Crippen LogP contribution in [-0.4, -0.2) is 35.9 Å². The van der Waals surface area contributed by atoms with Crippen LogP contribution in [0.5, 0.6) is 0 Å². The van der Waals surface area contributed by atoms with Crippen LogP contribution in [0, 0.1) is 11.8 Å². The fourth-order valence-electron chi connectivity index (χ4n) is 3.55. The van der Waals surface area contributed by atoms with Gasteiger partial charge in [0, 0.05) is 18.9 Å². The maximum absolute atomic E-state index is 11.6. The van der Waals surface area contributed by atoms with Gasteiger partial charge >= 0.3 is 11.9 Å². The van der Waals surface area contributed by atoms with Gasteiger partial charge in [0.15, 0.2) is 0 Å². The summed E-state index contributed by atoms with van der Waals surface area (Å²) in [7, 11) is 0. The summed E-state index contributed by atoms with van der Waals surface area (Å²) in [4.78, 5) is 22.4. The number of rotatable bonds is 5. The molecule has 0 spiro atoms. The summed E-state index contributed by atoms with van der Waals surface area (Å²) in [5, 5.41) is 10.7. The second-order valence-corrected chi connectivity index (χ2v) is 6.26. The number of hydrogen-bond acceptors (Lipinski definition) is 5. The molecule has 0 aromatic rings. The molecule has 2 aliphatic rings. The fraction of sp³-hybridized carbons (Fsp3) is 0.647. The second kappa shape index (κ2) is 6.65. The molecule has 122 valence electrons. The summed E-state index contributed by atoms with van der Waals surface area (Å²) in [5.74, 6) is -0.843. The number of aliphatic hydroxyl groups is 1. The Morgan fingerprint density at radius 2 is 2.23 bits per heavy atom. The van der Waals surface area contributed by atoms with E-state index in [0.717, 1.165) is 24.0 Å². The first-order valence-electron chi connectivity index (χ1n) is 7.73. The molecule has 0 amide bonds. The van der Waals surface area contributed by atoms with E-state index in [2.05, 4.69) is 13.5 Å². The van der Waals surface area contributed by atoms with Crippen molar-refractivity contribution in [3.05, 3.63) is 23.3 Å². The molecule has 1 N–H and O–H groups in total. The van der Waals surface area contributed by atoms with Crippen molar-refractivity contribution in [3.63, 3.8) is 0 Å². The lowest BCUT2D eigenvalue weighted by atomic mass is 9.73. The molecule has 0 unspecified atom stereocenters. The van der Waals surface area contributed by atoms with Crippen molar-refractivity contribution < 1.29 is 24.2 Å². The Bertz CT molecular complexity index is 519. The van der Waals surface area contributed by atoms with Crippen LogP contribution >= 0.6 is 0 Å². The number of aliphatic hydroxyl groups excluding tert-OH is 1. The fourth-order valence-corrected chi connectivity index (χ4v) is 3.55. The van der Waals surface area contributed by atoms with Crippen molar-refractivity contribution in [3.8, 4) is 0 Å². The van der Waals surface area contributed by atoms with Crippen LogP contribution in [0.15, 0.2) is 23.3 Å². The predicted octanol–water partition coefficient (Wildman–Crippen LogP) is 2.14. The second-order valence-electron chi connectivity index (χ2n) is 6.26. The monoisotopic (exact) mass is 308 g/mol. The van der Waals surface area contributed by atoms with E-state index in [1.54, 1.807) is 0 Å². The highest BCUT2D eigenvalue weighted by atomic mass is 16.6. The van der Waals surface area contributed by atoms with Gasteiger partial charge in [-0.1, -0.05) is 19.1 Å². The first-order chi connectivity index (χ1) is 10.3. The third-order valence-electron chi connectivity index (χ3n) is 4.60. The molecular formula is C17H24O5. The maximum Gasteiger partial charge on any atom is 0.334 e. The highest BCUT2D eigenvalue weighted by molar-refractivity contribution is 5.91. The zero-order valence-corrected chi connectivity index (χ0v) is 13.4. The normalized spacial score (nSPS) is 29.2. The molecule has 4 atom stereocenters. The zero-order chi connectivity index (χ0) is 16.4. The lowest BCUT2D eigenvalue weighted by Gasteiger charge is -2.35. The van der Waals surface area contributed by atoms with E-state index in [4.69, 9.17) is 9.47 Å². The molecule has 0 radical (unpaired) electrons. The Morgan fingerprint density at radius 3 is 2.86 bits per heavy atom. The molecule has 2 rings (SSSR count). The number of fused-ring (bicyclic) bond motifs is 1. The average molecular weight is 308 g/mol. The van der Waals surface area contributed by atoms with Gasteiger partial charge < -0.3 is 14.6 Å². The van der Waals surface area contributed by atoms with Crippen LogP contribution in [0.3, 0.4) is 0 Å². The van der Waals surface area contributed by atoms with E-state index >= 15 is 0 Å². The predicted molar refractivity (Wildman–Crippen MR) is 80.9 cm³/mol. The standard InChI is InChI=1S/C17H24O5/c1-9(6-5-7-21-12(4)18)14-10(2)8-13-15(16(14)19)11(3)17(20)22-13/h9,13,15-16,19H,3,5-8H2,1-2,4H3/t9-,13+,15-,16-/m0/s1. The molecule has 0 bridgehead atoms. The number of carbonyl (C=O) groups is 2. The Hall–Kier alpha value is -1.62. The van der Waals surface area contributed by atoms with Gasteiger partial charge in [0.1, 0.15) is 6.10 Å². The van der Waals surface area contributed by atoms with Gasteiger partial charge in [-0.05, 0) is 31.3 Å². The van der Waals surface area contributed by atoms with Crippen LogP contribution in [0.1, 0.15) is 40.0 Å². The van der Waals surface area contributed by atoms with Crippen molar-refractivity contribution in [1.29, 1.82) is 0 Å². The van der Waals surface area contributed by atoms with Crippen molar-refractivity contribution in [2.75, 3.05) is 6.61 Å². The number of carbonyl (C=O) groups excluding carboxylic acids is 2. The van der Waals surface area contributed by atoms with Crippen molar-refractivity contribution in [1.82, 2.24) is 0 Å². The molecule has 1 aliphatic heterocycles. The van der Waals surface area contributed by atoms with E-state index in [-0.39, 0.29) is 23.9 Å². The minimum atomic E-state index is -0.721. The summed E-state index contributed by atoms with van der Waals surface area (Å²) in [6, 6.07) is 0. The number of hydrogen-bond donors (Lipinski definition) is 1. The molecular weight excluding hydrogens is 284 g/mol. The van der Waals surface area contributed by atoms with Gasteiger partial charge in [0.2, 0.25) is 0 Å². The van der Waals surface area contributed by atoms with E-state index in [0.29, 0.717) is 18.6 Å². The first-order valence-corrected chi connectivity index (χ1v) is 7.73. The van der Waals surface area contributed by atoms with Gasteiger partial charge in [-0.2, -0.15) is 0 Å². The Kier molecular flexibility index (Phi) is 5.06. The quantitative estimate of drug-likeness (QED) is 0.364. The summed E-state index contributed by atoms with van der Waals surface area (Å²) in [5.41, 5.74) is 2.43. The lowest BCUT2D eigenvalue weighted by Crippen LogP contribution is -2.37. The molecule has 0 saturated carbocycles. The van der Waals surface area contributed by atoms with Gasteiger partial charge in [0.05, 0.1) is 18.6 Å². The van der Waals surface area contributed by atoms with Gasteiger partial charge in [-0.25, -0.2) is 4.79 Å². The molecule has 1 fully saturated rings. The summed E-state index contributed by atoms with van der Waals surface area (Å²) in [6.45, 7) is 9.58.